The van der Waals surface area contributed by atoms with Crippen molar-refractivity contribution in [3.8, 4) is 11.9 Å². The third-order valence-corrected chi connectivity index (χ3v) is 6.43. The molecule has 2 aliphatic rings. The number of imidazole rings is 1. The second-order valence-electron chi connectivity index (χ2n) is 7.78. The topological polar surface area (TPSA) is 99.5 Å². The third-order valence-electron chi connectivity index (χ3n) is 5.93. The van der Waals surface area contributed by atoms with Gasteiger partial charge in [-0.2, -0.15) is 15.2 Å². The Bertz CT molecular complexity index is 1130. The number of H-pyrrole nitrogens is 1. The fourth-order valence-electron chi connectivity index (χ4n) is 4.42. The quantitative estimate of drug-likeness (QED) is 0.573. The standard InChI is InChI=1S/C22H21ClN6O/c23-17-9-10-18(16-4-2-1-3-15(16)17)30-21-19-20(26-12-25-19)28-22(29-21)27-14-7-5-13(11-24)6-8-14/h5-8,10,12,15-17H,1-4,9H2,(H2,25,26,27,28,29). The van der Waals surface area contributed by atoms with Gasteiger partial charge in [-0.1, -0.05) is 12.8 Å². The monoisotopic (exact) mass is 420 g/mol. The molecule has 7 nitrogen and oxygen atoms in total. The van der Waals surface area contributed by atoms with Gasteiger partial charge in [-0.05, 0) is 55.5 Å². The van der Waals surface area contributed by atoms with Gasteiger partial charge in [0.1, 0.15) is 11.3 Å². The number of nitrogens with one attached hydrogen (secondary N) is 2. The molecular weight excluding hydrogens is 400 g/mol. The van der Waals surface area contributed by atoms with Crippen molar-refractivity contribution in [1.29, 1.82) is 5.26 Å². The van der Waals surface area contributed by atoms with Crippen molar-refractivity contribution >= 4 is 34.4 Å². The maximum absolute atomic E-state index is 8.97. The maximum atomic E-state index is 8.97. The minimum absolute atomic E-state index is 0.175. The molecule has 0 saturated heterocycles. The number of fused-ring (bicyclic) bond motifs is 2. The van der Waals surface area contributed by atoms with Gasteiger partial charge in [0.05, 0.1) is 18.0 Å². The molecular formula is C22H21ClN6O. The third kappa shape index (κ3) is 3.59. The zero-order valence-electron chi connectivity index (χ0n) is 16.3. The molecule has 0 bridgehead atoms. The van der Waals surface area contributed by atoms with Crippen LogP contribution in [0.25, 0.3) is 11.2 Å². The van der Waals surface area contributed by atoms with E-state index in [0.717, 1.165) is 30.7 Å². The fraction of sp³-hybridized carbons (Fsp3) is 0.364. The van der Waals surface area contributed by atoms with Crippen LogP contribution < -0.4 is 10.1 Å². The Morgan fingerprint density at radius 1 is 1.17 bits per heavy atom. The minimum atomic E-state index is 0.175. The van der Waals surface area contributed by atoms with E-state index >= 15 is 0 Å². The number of aromatic nitrogens is 4. The molecule has 2 heterocycles. The number of nitriles is 1. The Balaban J connectivity index is 1.45. The average molecular weight is 421 g/mol. The first-order chi connectivity index (χ1) is 14.7. The van der Waals surface area contributed by atoms with Crippen LogP contribution >= 0.6 is 11.6 Å². The van der Waals surface area contributed by atoms with Crippen LogP contribution in [0.4, 0.5) is 11.6 Å². The van der Waals surface area contributed by atoms with E-state index in [1.54, 1.807) is 18.5 Å². The Labute approximate surface area is 179 Å². The van der Waals surface area contributed by atoms with Gasteiger partial charge < -0.3 is 15.0 Å². The zero-order valence-corrected chi connectivity index (χ0v) is 17.1. The Kier molecular flexibility index (Phi) is 5.01. The summed E-state index contributed by atoms with van der Waals surface area (Å²) >= 11 is 6.60. The van der Waals surface area contributed by atoms with Crippen LogP contribution in [0.3, 0.4) is 0 Å². The minimum Gasteiger partial charge on any atom is -0.441 e. The van der Waals surface area contributed by atoms with Gasteiger partial charge in [-0.3, -0.25) is 0 Å². The van der Waals surface area contributed by atoms with Gasteiger partial charge in [0.2, 0.25) is 11.8 Å². The largest absolute Gasteiger partial charge is 0.441 e. The summed E-state index contributed by atoms with van der Waals surface area (Å²) in [6, 6.07) is 9.22. The number of rotatable bonds is 4. The highest BCUT2D eigenvalue weighted by Gasteiger charge is 2.37. The molecule has 0 radical (unpaired) electrons. The number of anilines is 2. The number of aromatic amines is 1. The summed E-state index contributed by atoms with van der Waals surface area (Å²) in [5, 5.41) is 12.3. The SMILES string of the molecule is N#Cc1ccc(Nc2nc(OC3=CCC(Cl)C4CCCCC34)c3[nH]cnc3n2)cc1. The number of ether oxygens (including phenoxy) is 1. The van der Waals surface area contributed by atoms with Crippen molar-refractivity contribution in [3.05, 3.63) is 48.0 Å². The fourth-order valence-corrected chi connectivity index (χ4v) is 4.81. The van der Waals surface area contributed by atoms with Crippen molar-refractivity contribution < 1.29 is 4.74 Å². The van der Waals surface area contributed by atoms with E-state index in [2.05, 4.69) is 37.4 Å². The molecule has 1 saturated carbocycles. The highest BCUT2D eigenvalue weighted by Crippen LogP contribution is 2.44. The molecule has 30 heavy (non-hydrogen) atoms. The highest BCUT2D eigenvalue weighted by atomic mass is 35.5. The summed E-state index contributed by atoms with van der Waals surface area (Å²) in [7, 11) is 0. The predicted molar refractivity (Wildman–Crippen MR) is 115 cm³/mol. The van der Waals surface area contributed by atoms with E-state index in [1.165, 1.54) is 12.8 Å². The number of benzene rings is 1. The lowest BCUT2D eigenvalue weighted by atomic mass is 9.73. The predicted octanol–water partition coefficient (Wildman–Crippen LogP) is 5.05. The number of allylic oxidation sites excluding steroid dienone is 2. The van der Waals surface area contributed by atoms with Gasteiger partial charge in [0.25, 0.3) is 0 Å². The summed E-state index contributed by atoms with van der Waals surface area (Å²) in [5.74, 6) is 2.59. The zero-order chi connectivity index (χ0) is 20.5. The van der Waals surface area contributed by atoms with Gasteiger partial charge in [0.15, 0.2) is 5.65 Å². The molecule has 1 fully saturated rings. The van der Waals surface area contributed by atoms with E-state index < -0.39 is 0 Å². The van der Waals surface area contributed by atoms with Crippen LogP contribution in [0.2, 0.25) is 0 Å². The first kappa shape index (κ1) is 18.9. The van der Waals surface area contributed by atoms with Crippen LogP contribution in [0.5, 0.6) is 5.88 Å². The van der Waals surface area contributed by atoms with Crippen LogP contribution in [0, 0.1) is 23.2 Å². The van der Waals surface area contributed by atoms with Crippen LogP contribution in [-0.4, -0.2) is 25.3 Å². The molecule has 0 aliphatic heterocycles. The molecule has 8 heteroatoms. The first-order valence-electron chi connectivity index (χ1n) is 10.2. The lowest BCUT2D eigenvalue weighted by molar-refractivity contribution is 0.188. The summed E-state index contributed by atoms with van der Waals surface area (Å²) in [6.07, 6.45) is 9.18. The Hall–Kier alpha value is -3.11. The molecule has 152 valence electrons. The molecule has 3 atom stereocenters. The van der Waals surface area contributed by atoms with Crippen LogP contribution in [0.15, 0.2) is 42.4 Å². The van der Waals surface area contributed by atoms with Gasteiger partial charge in [-0.25, -0.2) is 4.98 Å². The molecule has 0 spiro atoms. The number of nitrogens with zero attached hydrogens (tertiary/aromatic N) is 4. The lowest BCUT2D eigenvalue weighted by Crippen LogP contribution is -2.33. The van der Waals surface area contributed by atoms with Crippen molar-refractivity contribution in [2.45, 2.75) is 37.5 Å². The highest BCUT2D eigenvalue weighted by molar-refractivity contribution is 6.21. The number of hydrogen-bond donors (Lipinski definition) is 2. The lowest BCUT2D eigenvalue weighted by Gasteiger charge is -2.38. The van der Waals surface area contributed by atoms with Crippen LogP contribution in [0.1, 0.15) is 37.7 Å². The molecule has 1 aromatic carbocycles. The molecule has 2 aromatic heterocycles. The normalized spacial score (nSPS) is 23.3. The molecule has 3 aromatic rings. The second kappa shape index (κ2) is 7.96. The Morgan fingerprint density at radius 2 is 2.00 bits per heavy atom. The summed E-state index contributed by atoms with van der Waals surface area (Å²) in [4.78, 5) is 16.4. The number of alkyl halides is 1. The summed E-state index contributed by atoms with van der Waals surface area (Å²) in [5.41, 5.74) is 2.57. The van der Waals surface area contributed by atoms with E-state index in [0.29, 0.717) is 40.4 Å². The summed E-state index contributed by atoms with van der Waals surface area (Å²) in [6.45, 7) is 0. The summed E-state index contributed by atoms with van der Waals surface area (Å²) < 4.78 is 6.36. The van der Waals surface area contributed by atoms with E-state index in [-0.39, 0.29) is 5.38 Å². The van der Waals surface area contributed by atoms with Gasteiger partial charge in [-0.15, -0.1) is 11.6 Å². The van der Waals surface area contributed by atoms with Crippen LogP contribution in [-0.2, 0) is 0 Å². The van der Waals surface area contributed by atoms with E-state index in [4.69, 9.17) is 21.6 Å². The van der Waals surface area contributed by atoms with Gasteiger partial charge in [0, 0.05) is 17.0 Å². The first-order valence-corrected chi connectivity index (χ1v) is 10.6. The van der Waals surface area contributed by atoms with E-state index in [1.807, 2.05) is 12.1 Å². The molecule has 2 aliphatic carbocycles. The second-order valence-corrected chi connectivity index (χ2v) is 8.34. The average Bonchev–Trinajstić information content (AvgIpc) is 3.25. The van der Waals surface area contributed by atoms with Crippen molar-refractivity contribution in [3.63, 3.8) is 0 Å². The number of hydrogen-bond acceptors (Lipinski definition) is 6. The van der Waals surface area contributed by atoms with Crippen molar-refractivity contribution in [1.82, 2.24) is 19.9 Å². The molecule has 2 N–H and O–H groups in total. The smallest absolute Gasteiger partial charge is 0.250 e. The Morgan fingerprint density at radius 3 is 2.83 bits per heavy atom. The van der Waals surface area contributed by atoms with Gasteiger partial charge >= 0.3 is 0 Å². The molecule has 0 amide bonds. The number of halogens is 1. The molecule has 3 unspecified atom stereocenters. The maximum Gasteiger partial charge on any atom is 0.250 e. The molecule has 5 rings (SSSR count). The van der Waals surface area contributed by atoms with E-state index in [9.17, 15) is 0 Å². The van der Waals surface area contributed by atoms with Crippen molar-refractivity contribution in [2.24, 2.45) is 11.8 Å². The van der Waals surface area contributed by atoms with Crippen molar-refractivity contribution in [2.75, 3.05) is 5.32 Å².